The minimum Gasteiger partial charge on any atom is -0.423 e. The largest absolute Gasteiger partial charge is 0.423 e. The molecule has 27 heavy (non-hydrogen) atoms. The molecule has 0 aliphatic heterocycles. The average molecular weight is 415 g/mol. The minimum absolute atomic E-state index is 0.354. The van der Waals surface area contributed by atoms with E-state index in [1.165, 1.54) is 21.5 Å². The van der Waals surface area contributed by atoms with Crippen molar-refractivity contribution in [1.29, 1.82) is 0 Å². The summed E-state index contributed by atoms with van der Waals surface area (Å²) in [4.78, 5) is 12.6. The Kier molecular flexibility index (Phi) is 3.66. The van der Waals surface area contributed by atoms with Gasteiger partial charge in [0.2, 0.25) is 0 Å². The minimum atomic E-state index is -0.354. The monoisotopic (exact) mass is 414 g/mol. The standard InChI is InChI=1S/C24H15BrO2/c1-14-20-11-10-16-5-2-4-15-8-9-17(23(20)22(15)16)13-21(14)27-24(26)18-6-3-7-19(25)12-18/h2-13H,1H3. The van der Waals surface area contributed by atoms with Gasteiger partial charge in [-0.25, -0.2) is 4.79 Å². The second kappa shape index (κ2) is 6.07. The third-order valence-electron chi connectivity index (χ3n) is 5.13. The third-order valence-corrected chi connectivity index (χ3v) is 5.63. The van der Waals surface area contributed by atoms with Gasteiger partial charge in [-0.1, -0.05) is 64.5 Å². The SMILES string of the molecule is Cc1c(OC(=O)c2cccc(Br)c2)cc2ccc3cccc4ccc1c2c34. The summed E-state index contributed by atoms with van der Waals surface area (Å²) in [6.45, 7) is 2.01. The Balaban J connectivity index is 1.69. The van der Waals surface area contributed by atoms with Gasteiger partial charge in [-0.15, -0.1) is 0 Å². The Morgan fingerprint density at radius 1 is 0.815 bits per heavy atom. The van der Waals surface area contributed by atoms with E-state index in [2.05, 4.69) is 58.4 Å². The molecule has 0 atom stereocenters. The summed E-state index contributed by atoms with van der Waals surface area (Å²) in [7, 11) is 0. The van der Waals surface area contributed by atoms with Crippen molar-refractivity contribution < 1.29 is 9.53 Å². The molecule has 2 nitrogen and oxygen atoms in total. The summed E-state index contributed by atoms with van der Waals surface area (Å²) in [6.07, 6.45) is 0. The molecule has 0 aromatic heterocycles. The van der Waals surface area contributed by atoms with E-state index in [4.69, 9.17) is 4.74 Å². The van der Waals surface area contributed by atoms with Crippen LogP contribution in [0.5, 0.6) is 5.75 Å². The molecule has 0 spiro atoms. The molecule has 5 aromatic rings. The van der Waals surface area contributed by atoms with Crippen molar-refractivity contribution in [1.82, 2.24) is 0 Å². The smallest absolute Gasteiger partial charge is 0.343 e. The van der Waals surface area contributed by atoms with Gasteiger partial charge < -0.3 is 4.74 Å². The van der Waals surface area contributed by atoms with Gasteiger partial charge in [-0.2, -0.15) is 0 Å². The van der Waals surface area contributed by atoms with Crippen LogP contribution in [0.3, 0.4) is 0 Å². The van der Waals surface area contributed by atoms with Crippen molar-refractivity contribution in [3.8, 4) is 5.75 Å². The summed E-state index contributed by atoms with van der Waals surface area (Å²) in [5.41, 5.74) is 1.50. The summed E-state index contributed by atoms with van der Waals surface area (Å²) < 4.78 is 6.63. The first-order chi connectivity index (χ1) is 13.1. The highest BCUT2D eigenvalue weighted by atomic mass is 79.9. The van der Waals surface area contributed by atoms with Crippen molar-refractivity contribution in [2.75, 3.05) is 0 Å². The quantitative estimate of drug-likeness (QED) is 0.179. The highest BCUT2D eigenvalue weighted by Gasteiger charge is 2.16. The van der Waals surface area contributed by atoms with Gasteiger partial charge in [0, 0.05) is 4.47 Å². The lowest BCUT2D eigenvalue weighted by atomic mass is 9.92. The van der Waals surface area contributed by atoms with E-state index in [0.29, 0.717) is 11.3 Å². The fourth-order valence-corrected chi connectivity index (χ4v) is 4.20. The molecule has 0 radical (unpaired) electrons. The number of hydrogen-bond acceptors (Lipinski definition) is 2. The number of carbonyl (C=O) groups is 1. The number of halogens is 1. The molecule has 5 rings (SSSR count). The number of hydrogen-bond donors (Lipinski definition) is 0. The van der Waals surface area contributed by atoms with Crippen molar-refractivity contribution in [3.63, 3.8) is 0 Å². The lowest BCUT2D eigenvalue weighted by Crippen LogP contribution is -2.09. The molecule has 0 N–H and O–H groups in total. The van der Waals surface area contributed by atoms with Crippen LogP contribution in [-0.2, 0) is 0 Å². The van der Waals surface area contributed by atoms with E-state index in [1.807, 2.05) is 25.1 Å². The van der Waals surface area contributed by atoms with E-state index >= 15 is 0 Å². The van der Waals surface area contributed by atoms with E-state index in [9.17, 15) is 4.79 Å². The predicted molar refractivity (Wildman–Crippen MR) is 114 cm³/mol. The molecule has 3 heteroatoms. The molecule has 130 valence electrons. The first-order valence-corrected chi connectivity index (χ1v) is 9.56. The molecule has 5 aromatic carbocycles. The van der Waals surface area contributed by atoms with Gasteiger partial charge in [0.05, 0.1) is 5.56 Å². The van der Waals surface area contributed by atoms with Crippen LogP contribution < -0.4 is 4.74 Å². The molecule has 0 fully saturated rings. The zero-order valence-corrected chi connectivity index (χ0v) is 16.2. The van der Waals surface area contributed by atoms with Gasteiger partial charge in [0.15, 0.2) is 0 Å². The van der Waals surface area contributed by atoms with Crippen LogP contribution in [-0.4, -0.2) is 5.97 Å². The summed E-state index contributed by atoms with van der Waals surface area (Å²) in [5, 5.41) is 7.14. The number of esters is 1. The van der Waals surface area contributed by atoms with Crippen LogP contribution in [0.4, 0.5) is 0 Å². The van der Waals surface area contributed by atoms with E-state index in [0.717, 1.165) is 20.8 Å². The number of rotatable bonds is 2. The second-order valence-electron chi connectivity index (χ2n) is 6.76. The third kappa shape index (κ3) is 2.58. The van der Waals surface area contributed by atoms with Gasteiger partial charge in [-0.3, -0.25) is 0 Å². The van der Waals surface area contributed by atoms with Crippen molar-refractivity contribution >= 4 is 54.2 Å². The molecule has 0 heterocycles. The fourth-order valence-electron chi connectivity index (χ4n) is 3.80. The van der Waals surface area contributed by atoms with Crippen molar-refractivity contribution in [2.45, 2.75) is 6.92 Å². The second-order valence-corrected chi connectivity index (χ2v) is 7.67. The number of ether oxygens (including phenoxy) is 1. The Morgan fingerprint density at radius 2 is 1.52 bits per heavy atom. The zero-order chi connectivity index (χ0) is 18.5. The molecule has 0 bridgehead atoms. The molecule has 0 saturated heterocycles. The van der Waals surface area contributed by atoms with Crippen molar-refractivity contribution in [2.24, 2.45) is 0 Å². The van der Waals surface area contributed by atoms with Gasteiger partial charge in [0.25, 0.3) is 0 Å². The number of benzene rings is 5. The average Bonchev–Trinajstić information content (AvgIpc) is 2.68. The Hall–Kier alpha value is -2.91. The highest BCUT2D eigenvalue weighted by Crippen LogP contribution is 2.39. The molecule has 0 aliphatic carbocycles. The molecular formula is C24H15BrO2. The number of aryl methyl sites for hydroxylation is 1. The van der Waals surface area contributed by atoms with E-state index < -0.39 is 0 Å². The lowest BCUT2D eigenvalue weighted by molar-refractivity contribution is 0.0734. The topological polar surface area (TPSA) is 26.3 Å². The Morgan fingerprint density at radius 3 is 2.30 bits per heavy atom. The molecule has 0 saturated carbocycles. The maximum Gasteiger partial charge on any atom is 0.343 e. The van der Waals surface area contributed by atoms with Gasteiger partial charge in [0.1, 0.15) is 5.75 Å². The van der Waals surface area contributed by atoms with Gasteiger partial charge in [-0.05, 0) is 69.1 Å². The molecular weight excluding hydrogens is 400 g/mol. The molecule has 0 aliphatic rings. The summed E-state index contributed by atoms with van der Waals surface area (Å²) in [5.74, 6) is 0.248. The van der Waals surface area contributed by atoms with Crippen LogP contribution in [0, 0.1) is 6.92 Å². The maximum atomic E-state index is 12.6. The maximum absolute atomic E-state index is 12.6. The first-order valence-electron chi connectivity index (χ1n) is 8.77. The normalized spacial score (nSPS) is 11.5. The van der Waals surface area contributed by atoms with Crippen LogP contribution in [0.1, 0.15) is 15.9 Å². The molecule has 0 amide bonds. The fraction of sp³-hybridized carbons (Fsp3) is 0.0417. The van der Waals surface area contributed by atoms with Crippen LogP contribution in [0.2, 0.25) is 0 Å². The first kappa shape index (κ1) is 16.3. The molecule has 0 unspecified atom stereocenters. The lowest BCUT2D eigenvalue weighted by Gasteiger charge is -2.15. The van der Waals surface area contributed by atoms with E-state index in [-0.39, 0.29) is 5.97 Å². The van der Waals surface area contributed by atoms with E-state index in [1.54, 1.807) is 12.1 Å². The zero-order valence-electron chi connectivity index (χ0n) is 14.6. The predicted octanol–water partition coefficient (Wildman–Crippen LogP) is 6.87. The summed E-state index contributed by atoms with van der Waals surface area (Å²) >= 11 is 3.40. The van der Waals surface area contributed by atoms with Crippen LogP contribution >= 0.6 is 15.9 Å². The van der Waals surface area contributed by atoms with Crippen LogP contribution in [0.15, 0.2) is 77.3 Å². The number of carbonyl (C=O) groups excluding carboxylic acids is 1. The Bertz CT molecular complexity index is 1320. The van der Waals surface area contributed by atoms with Gasteiger partial charge >= 0.3 is 5.97 Å². The van der Waals surface area contributed by atoms with Crippen LogP contribution in [0.25, 0.3) is 32.3 Å². The highest BCUT2D eigenvalue weighted by molar-refractivity contribution is 9.10. The van der Waals surface area contributed by atoms with Crippen molar-refractivity contribution in [3.05, 3.63) is 88.4 Å². The Labute approximate surface area is 164 Å². The summed E-state index contributed by atoms with van der Waals surface area (Å²) in [6, 6.07) is 24.0.